The maximum atomic E-state index is 6.35. The van der Waals surface area contributed by atoms with Crippen LogP contribution in [0.5, 0.6) is 0 Å². The molecule has 0 fully saturated rings. The highest BCUT2D eigenvalue weighted by atomic mass is 32.2. The Labute approximate surface area is 111 Å². The van der Waals surface area contributed by atoms with E-state index in [0.717, 1.165) is 23.8 Å². The first-order chi connectivity index (χ1) is 8.74. The van der Waals surface area contributed by atoms with Crippen LogP contribution in [0.25, 0.3) is 0 Å². The summed E-state index contributed by atoms with van der Waals surface area (Å²) in [6.45, 7) is 1.93. The van der Waals surface area contributed by atoms with Gasteiger partial charge in [0.25, 0.3) is 5.22 Å². The second-order valence-corrected chi connectivity index (χ2v) is 5.86. The summed E-state index contributed by atoms with van der Waals surface area (Å²) in [4.78, 5) is 4.34. The van der Waals surface area contributed by atoms with Crippen LogP contribution in [0.4, 0.5) is 0 Å². The third-order valence-electron chi connectivity index (χ3n) is 3.36. The Morgan fingerprint density at radius 1 is 1.39 bits per heavy atom. The molecule has 94 valence electrons. The van der Waals surface area contributed by atoms with Gasteiger partial charge in [0.05, 0.1) is 5.69 Å². The molecule has 4 heteroatoms. The summed E-state index contributed by atoms with van der Waals surface area (Å²) in [7, 11) is 0. The van der Waals surface area contributed by atoms with E-state index < -0.39 is 0 Å². The molecule has 0 bridgehead atoms. The average molecular weight is 260 g/mol. The van der Waals surface area contributed by atoms with Crippen molar-refractivity contribution in [2.45, 2.75) is 36.3 Å². The molecule has 3 nitrogen and oxygen atoms in total. The number of oxazole rings is 1. The van der Waals surface area contributed by atoms with Crippen molar-refractivity contribution in [3.8, 4) is 0 Å². The quantitative estimate of drug-likeness (QED) is 0.901. The van der Waals surface area contributed by atoms with E-state index in [1.165, 1.54) is 11.1 Å². The van der Waals surface area contributed by atoms with E-state index in [1.54, 1.807) is 18.0 Å². The molecule has 2 aromatic rings. The minimum absolute atomic E-state index is 0.0622. The minimum Gasteiger partial charge on any atom is -0.440 e. The second kappa shape index (κ2) is 4.78. The van der Waals surface area contributed by atoms with Crippen LogP contribution in [0.3, 0.4) is 0 Å². The maximum absolute atomic E-state index is 6.35. The van der Waals surface area contributed by atoms with Gasteiger partial charge in [-0.1, -0.05) is 36.0 Å². The number of fused-ring (bicyclic) bond motifs is 1. The zero-order chi connectivity index (χ0) is 12.5. The Balaban J connectivity index is 1.80. The Hall–Kier alpha value is -1.26. The van der Waals surface area contributed by atoms with Crippen molar-refractivity contribution in [2.75, 3.05) is 0 Å². The fourth-order valence-corrected chi connectivity index (χ4v) is 3.50. The zero-order valence-corrected chi connectivity index (χ0v) is 11.1. The number of nitrogens with zero attached hydrogens (tertiary/aromatic N) is 1. The lowest BCUT2D eigenvalue weighted by atomic mass is 9.88. The van der Waals surface area contributed by atoms with Crippen LogP contribution >= 0.6 is 11.8 Å². The predicted molar refractivity (Wildman–Crippen MR) is 72.6 cm³/mol. The zero-order valence-electron chi connectivity index (χ0n) is 10.3. The fraction of sp³-hybridized carbons (Fsp3) is 0.357. The van der Waals surface area contributed by atoms with E-state index in [-0.39, 0.29) is 6.04 Å². The van der Waals surface area contributed by atoms with Gasteiger partial charge in [-0.25, -0.2) is 4.98 Å². The highest BCUT2D eigenvalue weighted by molar-refractivity contribution is 7.99. The first kappa shape index (κ1) is 11.8. The molecule has 1 heterocycles. The first-order valence-electron chi connectivity index (χ1n) is 6.16. The second-order valence-electron chi connectivity index (χ2n) is 4.67. The van der Waals surface area contributed by atoms with Crippen molar-refractivity contribution in [3.63, 3.8) is 0 Å². The Bertz CT molecular complexity index is 552. The van der Waals surface area contributed by atoms with Crippen molar-refractivity contribution in [1.29, 1.82) is 0 Å². The van der Waals surface area contributed by atoms with Crippen molar-refractivity contribution >= 4 is 11.8 Å². The molecule has 1 aromatic carbocycles. The Kier molecular flexibility index (Phi) is 3.14. The fourth-order valence-electron chi connectivity index (χ4n) is 2.41. The molecule has 2 unspecified atom stereocenters. The van der Waals surface area contributed by atoms with Crippen LogP contribution in [0.1, 0.15) is 29.3 Å². The van der Waals surface area contributed by atoms with Gasteiger partial charge in [-0.3, -0.25) is 0 Å². The monoisotopic (exact) mass is 260 g/mol. The number of aromatic nitrogens is 1. The lowest BCUT2D eigenvalue weighted by Crippen LogP contribution is -2.29. The molecule has 2 N–H and O–H groups in total. The summed E-state index contributed by atoms with van der Waals surface area (Å²) < 4.78 is 5.40. The molecular weight excluding hydrogens is 244 g/mol. The molecular formula is C14H16N2OS. The topological polar surface area (TPSA) is 52.0 Å². The van der Waals surface area contributed by atoms with Crippen molar-refractivity contribution in [2.24, 2.45) is 5.73 Å². The minimum atomic E-state index is 0.0622. The van der Waals surface area contributed by atoms with E-state index in [4.69, 9.17) is 10.2 Å². The van der Waals surface area contributed by atoms with E-state index in [1.807, 2.05) is 6.92 Å². The molecule has 1 aromatic heterocycles. The molecule has 2 atom stereocenters. The molecule has 0 saturated heterocycles. The highest BCUT2D eigenvalue weighted by Gasteiger charge is 2.28. The first-order valence-corrected chi connectivity index (χ1v) is 7.04. The van der Waals surface area contributed by atoms with E-state index in [9.17, 15) is 0 Å². The normalized spacial score (nSPS) is 22.8. The van der Waals surface area contributed by atoms with Crippen LogP contribution in [0, 0.1) is 6.92 Å². The smallest absolute Gasteiger partial charge is 0.256 e. The van der Waals surface area contributed by atoms with Crippen molar-refractivity contribution in [1.82, 2.24) is 4.98 Å². The number of nitrogens with two attached hydrogens (primary N) is 1. The van der Waals surface area contributed by atoms with Crippen LogP contribution in [-0.4, -0.2) is 10.2 Å². The molecule has 18 heavy (non-hydrogen) atoms. The summed E-state index contributed by atoms with van der Waals surface area (Å²) in [5.41, 5.74) is 9.92. The predicted octanol–water partition coefficient (Wildman–Crippen LogP) is 3.09. The van der Waals surface area contributed by atoms with E-state index in [0.29, 0.717) is 5.25 Å². The molecule has 3 rings (SSSR count). The van der Waals surface area contributed by atoms with Gasteiger partial charge in [0.1, 0.15) is 6.26 Å². The van der Waals surface area contributed by atoms with Gasteiger partial charge in [-0.2, -0.15) is 0 Å². The lowest BCUT2D eigenvalue weighted by Gasteiger charge is -2.29. The number of rotatable bonds is 2. The number of hydrogen-bond donors (Lipinski definition) is 1. The van der Waals surface area contributed by atoms with Gasteiger partial charge in [0.15, 0.2) is 0 Å². The number of thioether (sulfide) groups is 1. The van der Waals surface area contributed by atoms with E-state index >= 15 is 0 Å². The number of aryl methyl sites for hydroxylation is 2. The summed E-state index contributed by atoms with van der Waals surface area (Å²) in [5.74, 6) is 0. The summed E-state index contributed by atoms with van der Waals surface area (Å²) in [6, 6.07) is 8.50. The molecule has 0 radical (unpaired) electrons. The molecule has 0 aliphatic heterocycles. The Morgan fingerprint density at radius 3 is 3.00 bits per heavy atom. The maximum Gasteiger partial charge on any atom is 0.256 e. The standard InChI is InChI=1S/C14H16N2OS/c1-9-8-17-14(16-9)18-12-7-6-10-4-2-3-5-11(10)13(12)15/h2-5,8,12-13H,6-7,15H2,1H3. The van der Waals surface area contributed by atoms with Gasteiger partial charge in [-0.15, -0.1) is 0 Å². The van der Waals surface area contributed by atoms with Crippen LogP contribution in [0.2, 0.25) is 0 Å². The highest BCUT2D eigenvalue weighted by Crippen LogP contribution is 2.38. The molecule has 0 amide bonds. The van der Waals surface area contributed by atoms with Crippen LogP contribution in [-0.2, 0) is 6.42 Å². The van der Waals surface area contributed by atoms with Crippen LogP contribution in [0.15, 0.2) is 40.2 Å². The molecule has 0 spiro atoms. The molecule has 0 saturated carbocycles. The van der Waals surface area contributed by atoms with Crippen LogP contribution < -0.4 is 5.73 Å². The summed E-state index contributed by atoms with van der Waals surface area (Å²) in [5, 5.41) is 1.07. The van der Waals surface area contributed by atoms with Gasteiger partial charge in [0.2, 0.25) is 0 Å². The van der Waals surface area contributed by atoms with Crippen molar-refractivity contribution in [3.05, 3.63) is 47.3 Å². The van der Waals surface area contributed by atoms with Gasteiger partial charge < -0.3 is 10.2 Å². The van der Waals surface area contributed by atoms with E-state index in [2.05, 4.69) is 29.2 Å². The van der Waals surface area contributed by atoms with Crippen molar-refractivity contribution < 1.29 is 4.42 Å². The van der Waals surface area contributed by atoms with Gasteiger partial charge >= 0.3 is 0 Å². The summed E-state index contributed by atoms with van der Waals surface area (Å²) >= 11 is 1.65. The molecule has 1 aliphatic rings. The number of benzene rings is 1. The summed E-state index contributed by atoms with van der Waals surface area (Å²) in [6.07, 6.45) is 3.84. The third-order valence-corrected chi connectivity index (χ3v) is 4.58. The lowest BCUT2D eigenvalue weighted by molar-refractivity contribution is 0.450. The van der Waals surface area contributed by atoms with Gasteiger partial charge in [0, 0.05) is 11.3 Å². The number of hydrogen-bond acceptors (Lipinski definition) is 4. The van der Waals surface area contributed by atoms with Gasteiger partial charge in [-0.05, 0) is 30.9 Å². The Morgan fingerprint density at radius 2 is 2.22 bits per heavy atom. The average Bonchev–Trinajstić information content (AvgIpc) is 2.79. The SMILES string of the molecule is Cc1coc(SC2CCc3ccccc3C2N)n1. The molecule has 1 aliphatic carbocycles. The third kappa shape index (κ3) is 2.18. The largest absolute Gasteiger partial charge is 0.440 e.